The van der Waals surface area contributed by atoms with Crippen molar-refractivity contribution in [3.63, 3.8) is 0 Å². The van der Waals surface area contributed by atoms with Crippen LogP contribution in [0.2, 0.25) is 0 Å². The molecule has 73 heavy (non-hydrogen) atoms. The fourth-order valence-electron chi connectivity index (χ4n) is 8.56. The molecule has 0 aromatic heterocycles. The molecule has 6 amide bonds. The van der Waals surface area contributed by atoms with E-state index in [9.17, 15) is 56.4 Å². The number of nitrogens with one attached hydrogen (secondary N) is 5. The van der Waals surface area contributed by atoms with E-state index in [0.717, 1.165) is 16.8 Å². The third kappa shape index (κ3) is 17.7. The Hall–Kier alpha value is -7.45. The number of hydrogen-bond acceptors (Lipinski definition) is 10. The van der Waals surface area contributed by atoms with Gasteiger partial charge in [0.1, 0.15) is 36.0 Å². The molecule has 0 bridgehead atoms. The van der Waals surface area contributed by atoms with Crippen LogP contribution in [0.15, 0.2) is 97.1 Å². The molecule has 0 saturated carbocycles. The van der Waals surface area contributed by atoms with Gasteiger partial charge < -0.3 is 41.7 Å². The zero-order valence-corrected chi connectivity index (χ0v) is 42.1. The Morgan fingerprint density at radius 2 is 1.38 bits per heavy atom. The average Bonchev–Trinajstić information content (AvgIpc) is 3.82. The molecule has 20 heteroatoms. The van der Waals surface area contributed by atoms with Crippen LogP contribution in [0, 0.1) is 0 Å². The molecule has 1 heterocycles. The third-order valence-electron chi connectivity index (χ3n) is 12.0. The summed E-state index contributed by atoms with van der Waals surface area (Å²) in [5.41, 5.74) is 1.26. The molecule has 0 spiro atoms. The van der Waals surface area contributed by atoms with E-state index < -0.39 is 99.0 Å². The second kappa shape index (κ2) is 25.8. The van der Waals surface area contributed by atoms with Crippen molar-refractivity contribution in [2.75, 3.05) is 6.54 Å². The number of likely N-dealkylation sites (tertiary alicyclic amines) is 1. The van der Waals surface area contributed by atoms with Gasteiger partial charge in [0.05, 0.1) is 0 Å². The van der Waals surface area contributed by atoms with Gasteiger partial charge in [-0.3, -0.25) is 38.1 Å². The van der Waals surface area contributed by atoms with Crippen molar-refractivity contribution < 1.29 is 61.5 Å². The van der Waals surface area contributed by atoms with Crippen molar-refractivity contribution >= 4 is 74.3 Å². The molecular formula is C53H64N6O13S. The first-order valence-electron chi connectivity index (χ1n) is 24.1. The van der Waals surface area contributed by atoms with Gasteiger partial charge in [0.15, 0.2) is 0 Å². The number of carbonyl (C=O) groups excluding carboxylic acids is 6. The van der Waals surface area contributed by atoms with Gasteiger partial charge >= 0.3 is 11.9 Å². The number of carboxylic acids is 2. The second-order valence-corrected chi connectivity index (χ2v) is 20.6. The predicted molar refractivity (Wildman–Crippen MR) is 272 cm³/mol. The highest BCUT2D eigenvalue weighted by Crippen LogP contribution is 2.23. The molecule has 1 saturated heterocycles. The molecule has 0 radical (unpaired) electrons. The molecule has 1 fully saturated rings. The van der Waals surface area contributed by atoms with Crippen molar-refractivity contribution in [2.24, 2.45) is 0 Å². The summed E-state index contributed by atoms with van der Waals surface area (Å²) in [5, 5.41) is 34.1. The molecule has 390 valence electrons. The first-order chi connectivity index (χ1) is 34.5. The Kier molecular flexibility index (Phi) is 19.9. The Morgan fingerprint density at radius 3 is 2.04 bits per heavy atom. The van der Waals surface area contributed by atoms with Crippen molar-refractivity contribution in [1.82, 2.24) is 31.5 Å². The van der Waals surface area contributed by atoms with Gasteiger partial charge in [-0.2, -0.15) is 8.42 Å². The topological polar surface area (TPSA) is 295 Å². The van der Waals surface area contributed by atoms with Crippen molar-refractivity contribution in [1.29, 1.82) is 0 Å². The normalized spacial score (nSPS) is 15.4. The van der Waals surface area contributed by atoms with Crippen molar-refractivity contribution in [3.8, 4) is 0 Å². The van der Waals surface area contributed by atoms with E-state index in [4.69, 9.17) is 5.11 Å². The minimum Gasteiger partial charge on any atom is -0.481 e. The summed E-state index contributed by atoms with van der Waals surface area (Å²) in [5.74, 6) is -6.86. The van der Waals surface area contributed by atoms with E-state index in [1.54, 1.807) is 33.8 Å². The highest BCUT2D eigenvalue weighted by molar-refractivity contribution is 7.85. The number of nitrogens with zero attached hydrogens (tertiary/aromatic N) is 1. The van der Waals surface area contributed by atoms with Crippen molar-refractivity contribution in [2.45, 2.75) is 127 Å². The number of aliphatic carboxylic acids is 2. The average molecular weight is 1030 g/mol. The fourth-order valence-corrected chi connectivity index (χ4v) is 9.18. The highest BCUT2D eigenvalue weighted by Gasteiger charge is 2.40. The maximum atomic E-state index is 14.6. The molecule has 8 N–H and O–H groups in total. The van der Waals surface area contributed by atoms with Gasteiger partial charge in [0, 0.05) is 43.0 Å². The molecule has 0 unspecified atom stereocenters. The largest absolute Gasteiger partial charge is 0.481 e. The maximum Gasteiger partial charge on any atom is 0.328 e. The maximum absolute atomic E-state index is 14.6. The predicted octanol–water partition coefficient (Wildman–Crippen LogP) is 4.32. The number of amides is 6. The lowest BCUT2D eigenvalue weighted by atomic mass is 9.97. The molecule has 19 nitrogen and oxygen atoms in total. The van der Waals surface area contributed by atoms with E-state index in [-0.39, 0.29) is 62.6 Å². The number of hydrogen-bond donors (Lipinski definition) is 8. The minimum absolute atomic E-state index is 0.00240. The standard InChI is InChI=1S/C53H64N6O13S/c1-5-12-41(55-48(65)42(30-34-22-24-35(25-23-34)32-73(70,71)72)56-47(64)38-17-8-13-33(29-38)26-27-46(62)63)52(69)59-28-11-20-44(59)51(68)57-43(31-37-16-9-15-36-14-6-7-18-39(36)37)49(66)54-40(19-10-21-45(60)61)50(67)58-53(2,3)4/h6-9,13-18,22-27,29,40-44H,5,10-12,19-21,28,30-32H2,1-4H3,(H,54,66)(H,55,65)(H,56,64)(H,57,68)(H,58,67)(H,60,61)(H,62,63)(H,70,71,72)/b27-26+/t40-,41-,42-,43-,44-/m0/s1. The fraction of sp³-hybridized carbons (Fsp3) is 0.396. The number of carboxylic acid groups (broad SMARTS) is 2. The van der Waals surface area contributed by atoms with Gasteiger partial charge in [-0.25, -0.2) is 4.79 Å². The molecule has 0 aliphatic carbocycles. The molecule has 1 aliphatic rings. The van der Waals surface area contributed by atoms with Crippen LogP contribution in [0.4, 0.5) is 0 Å². The number of rotatable bonds is 24. The summed E-state index contributed by atoms with van der Waals surface area (Å²) in [6, 6.07) is 19.0. The molecule has 1 aliphatic heterocycles. The van der Waals surface area contributed by atoms with Gasteiger partial charge in [0.2, 0.25) is 29.5 Å². The Morgan fingerprint density at radius 1 is 0.740 bits per heavy atom. The van der Waals surface area contributed by atoms with Gasteiger partial charge in [-0.15, -0.1) is 0 Å². The Balaban J connectivity index is 1.40. The second-order valence-electron chi connectivity index (χ2n) is 19.1. The third-order valence-corrected chi connectivity index (χ3v) is 12.7. The van der Waals surface area contributed by atoms with Crippen LogP contribution in [-0.4, -0.2) is 118 Å². The quantitative estimate of drug-likeness (QED) is 0.0359. The van der Waals surface area contributed by atoms with Crippen molar-refractivity contribution in [3.05, 3.63) is 125 Å². The molecular weight excluding hydrogens is 961 g/mol. The van der Waals surface area contributed by atoms with E-state index >= 15 is 0 Å². The monoisotopic (exact) mass is 1020 g/mol. The van der Waals surface area contributed by atoms with E-state index in [1.165, 1.54) is 53.4 Å². The summed E-state index contributed by atoms with van der Waals surface area (Å²) in [7, 11) is -4.34. The van der Waals surface area contributed by atoms with Crippen LogP contribution < -0.4 is 26.6 Å². The first-order valence-corrected chi connectivity index (χ1v) is 25.7. The summed E-state index contributed by atoms with van der Waals surface area (Å²) in [6.07, 6.45) is 3.03. The van der Waals surface area contributed by atoms with E-state index in [2.05, 4.69) is 26.6 Å². The smallest absolute Gasteiger partial charge is 0.328 e. The van der Waals surface area contributed by atoms with E-state index in [1.807, 2.05) is 42.5 Å². The van der Waals surface area contributed by atoms with Crippen LogP contribution >= 0.6 is 0 Å². The lowest BCUT2D eigenvalue weighted by Crippen LogP contribution is -2.59. The summed E-state index contributed by atoms with van der Waals surface area (Å²) >= 11 is 0. The van der Waals surface area contributed by atoms with Crippen LogP contribution in [0.25, 0.3) is 16.8 Å². The van der Waals surface area contributed by atoms with Gasteiger partial charge in [-0.1, -0.05) is 92.2 Å². The Bertz CT molecular complexity index is 2800. The lowest BCUT2D eigenvalue weighted by molar-refractivity contribution is -0.142. The minimum atomic E-state index is -4.34. The number of fused-ring (bicyclic) bond motifs is 1. The molecule has 4 aromatic carbocycles. The zero-order chi connectivity index (χ0) is 53.5. The van der Waals surface area contributed by atoms with E-state index in [0.29, 0.717) is 29.5 Å². The molecule has 4 aromatic rings. The Labute approximate surface area is 424 Å². The van der Waals surface area contributed by atoms with Crippen LogP contribution in [0.1, 0.15) is 105 Å². The lowest BCUT2D eigenvalue weighted by Gasteiger charge is -2.31. The summed E-state index contributed by atoms with van der Waals surface area (Å²) in [4.78, 5) is 109. The van der Waals surface area contributed by atoms with Gasteiger partial charge in [0.25, 0.3) is 16.0 Å². The zero-order valence-electron chi connectivity index (χ0n) is 41.3. The molecule has 5 atom stereocenters. The number of carbonyl (C=O) groups is 8. The highest BCUT2D eigenvalue weighted by atomic mass is 32.2. The van der Waals surface area contributed by atoms with Crippen LogP contribution in [-0.2, 0) is 62.3 Å². The summed E-state index contributed by atoms with van der Waals surface area (Å²) < 4.78 is 32.4. The first kappa shape index (κ1) is 56.5. The van der Waals surface area contributed by atoms with Gasteiger partial charge in [-0.05, 0) is 104 Å². The SMILES string of the molecule is CCC[C@H](NC(=O)[C@H](Cc1ccc(CS(=O)(=O)O)cc1)NC(=O)c1cccc(/C=C/C(=O)O)c1)C(=O)N1CCC[C@H]1C(=O)N[C@@H](Cc1cccc2ccccc12)C(=O)N[C@@H](CCCC(=O)O)C(=O)NC(C)(C)C. The molecule has 5 rings (SSSR count). The number of benzene rings is 4. The van der Waals surface area contributed by atoms with Crippen LogP contribution in [0.5, 0.6) is 0 Å². The summed E-state index contributed by atoms with van der Waals surface area (Å²) in [6.45, 7) is 7.22. The van der Waals surface area contributed by atoms with Crippen LogP contribution in [0.3, 0.4) is 0 Å².